The fourth-order valence-electron chi connectivity index (χ4n) is 2.42. The van der Waals surface area contributed by atoms with Crippen LogP contribution < -0.4 is 10.9 Å². The highest BCUT2D eigenvalue weighted by molar-refractivity contribution is 6.85. The maximum absolute atomic E-state index is 14.0. The summed E-state index contributed by atoms with van der Waals surface area (Å²) in [6, 6.07) is 15.7. The lowest BCUT2D eigenvalue weighted by Crippen LogP contribution is -2.43. The summed E-state index contributed by atoms with van der Waals surface area (Å²) in [6.45, 7) is -0.264. The highest BCUT2D eigenvalue weighted by Gasteiger charge is 2.23. The van der Waals surface area contributed by atoms with Gasteiger partial charge >= 0.3 is 6.18 Å². The van der Waals surface area contributed by atoms with Crippen LogP contribution >= 0.6 is 0 Å². The van der Waals surface area contributed by atoms with Crippen LogP contribution in [0.4, 0.5) is 17.6 Å². The molecule has 0 N–H and O–H groups in total. The minimum Gasteiger partial charge on any atom is -0.208 e. The Morgan fingerprint density at radius 2 is 1.55 bits per heavy atom. The molecular weight excluding hydrogens is 291 g/mol. The zero-order chi connectivity index (χ0) is 16.0. The second-order valence-corrected chi connectivity index (χ2v) is 5.01. The Morgan fingerprint density at radius 1 is 0.909 bits per heavy atom. The van der Waals surface area contributed by atoms with E-state index in [1.54, 1.807) is 18.2 Å². The van der Waals surface area contributed by atoms with Crippen molar-refractivity contribution in [2.75, 3.05) is 0 Å². The van der Waals surface area contributed by atoms with Crippen molar-refractivity contribution in [2.24, 2.45) is 0 Å². The molecule has 0 atom stereocenters. The number of allylic oxidation sites excluding steroid dienone is 2. The molecule has 0 saturated carbocycles. The molecule has 0 aliphatic carbocycles. The molecule has 0 unspecified atom stereocenters. The first kappa shape index (κ1) is 16.3. The van der Waals surface area contributed by atoms with E-state index in [9.17, 15) is 17.6 Å². The number of alkyl halides is 3. The third-order valence-electron chi connectivity index (χ3n) is 3.41. The highest BCUT2D eigenvalue weighted by Crippen LogP contribution is 2.17. The van der Waals surface area contributed by atoms with Gasteiger partial charge in [-0.25, -0.2) is 4.39 Å². The lowest BCUT2D eigenvalue weighted by atomic mass is 9.38. The van der Waals surface area contributed by atoms with Gasteiger partial charge in [-0.2, -0.15) is 13.2 Å². The van der Waals surface area contributed by atoms with Crippen molar-refractivity contribution < 1.29 is 17.6 Å². The Labute approximate surface area is 127 Å². The molecule has 0 nitrogen and oxygen atoms in total. The summed E-state index contributed by atoms with van der Waals surface area (Å²) in [5.41, 5.74) is 1.40. The largest absolute Gasteiger partial charge is 0.409 e. The monoisotopic (exact) mass is 306 g/mol. The SMILES string of the molecule is Fc1ccccc1B(CCC=CC(F)(F)F)c1ccccc1. The third-order valence-corrected chi connectivity index (χ3v) is 3.41. The van der Waals surface area contributed by atoms with Crippen LogP contribution in [0.15, 0.2) is 66.7 Å². The predicted molar refractivity (Wildman–Crippen MR) is 82.5 cm³/mol. The van der Waals surface area contributed by atoms with Crippen molar-refractivity contribution in [1.82, 2.24) is 0 Å². The minimum atomic E-state index is -4.31. The van der Waals surface area contributed by atoms with Gasteiger partial charge in [-0.15, -0.1) is 0 Å². The second-order valence-electron chi connectivity index (χ2n) is 5.01. The van der Waals surface area contributed by atoms with E-state index >= 15 is 0 Å². The van der Waals surface area contributed by atoms with Crippen molar-refractivity contribution in [3.05, 3.63) is 72.6 Å². The molecule has 22 heavy (non-hydrogen) atoms. The molecule has 0 heterocycles. The number of rotatable bonds is 5. The topological polar surface area (TPSA) is 0 Å². The van der Waals surface area contributed by atoms with Crippen LogP contribution in [0.2, 0.25) is 6.32 Å². The quantitative estimate of drug-likeness (QED) is 0.446. The van der Waals surface area contributed by atoms with Gasteiger partial charge in [0, 0.05) is 6.08 Å². The Balaban J connectivity index is 2.20. The standard InChI is InChI=1S/C17H15BF4/c19-16-11-5-4-10-15(16)18(14-8-2-1-3-9-14)13-7-6-12-17(20,21)22/h1-6,8-12H,7,13H2. The first-order chi connectivity index (χ1) is 10.5. The number of halogens is 4. The van der Waals surface area contributed by atoms with Crippen LogP contribution in [0.1, 0.15) is 6.42 Å². The number of hydrogen-bond acceptors (Lipinski definition) is 0. The predicted octanol–water partition coefficient (Wildman–Crippen LogP) is 3.94. The van der Waals surface area contributed by atoms with Gasteiger partial charge in [0.15, 0.2) is 0 Å². The first-order valence-electron chi connectivity index (χ1n) is 7.01. The molecule has 2 rings (SSSR count). The molecule has 0 radical (unpaired) electrons. The van der Waals surface area contributed by atoms with E-state index in [0.717, 1.165) is 11.5 Å². The van der Waals surface area contributed by atoms with E-state index in [-0.39, 0.29) is 25.0 Å². The smallest absolute Gasteiger partial charge is 0.208 e. The Bertz CT molecular complexity index is 620. The Kier molecular flexibility index (Phi) is 5.42. The fourth-order valence-corrected chi connectivity index (χ4v) is 2.42. The molecule has 114 valence electrons. The van der Waals surface area contributed by atoms with E-state index < -0.39 is 6.18 Å². The van der Waals surface area contributed by atoms with Gasteiger partial charge in [-0.1, -0.05) is 66.4 Å². The molecule has 0 aliphatic heterocycles. The summed E-state index contributed by atoms with van der Waals surface area (Å²) in [7, 11) is 0. The normalized spacial score (nSPS) is 11.8. The van der Waals surface area contributed by atoms with Crippen molar-refractivity contribution in [3.8, 4) is 0 Å². The van der Waals surface area contributed by atoms with Gasteiger partial charge < -0.3 is 0 Å². The summed E-state index contributed by atoms with van der Waals surface area (Å²) in [6.07, 6.45) is -2.33. The molecule has 5 heteroatoms. The van der Waals surface area contributed by atoms with Crippen LogP contribution in [0.5, 0.6) is 0 Å². The molecule has 0 bridgehead atoms. The van der Waals surface area contributed by atoms with E-state index in [1.165, 1.54) is 6.07 Å². The molecular formula is C17H15BF4. The van der Waals surface area contributed by atoms with Gasteiger partial charge in [0.2, 0.25) is 6.71 Å². The molecule has 2 aromatic rings. The Morgan fingerprint density at radius 3 is 2.18 bits per heavy atom. The van der Waals surface area contributed by atoms with Crippen molar-refractivity contribution in [1.29, 1.82) is 0 Å². The molecule has 0 aromatic heterocycles. The lowest BCUT2D eigenvalue weighted by Gasteiger charge is -2.14. The fraction of sp³-hybridized carbons (Fsp3) is 0.176. The van der Waals surface area contributed by atoms with Crippen molar-refractivity contribution in [2.45, 2.75) is 18.9 Å². The molecule has 0 amide bonds. The Hall–Kier alpha value is -2.04. The first-order valence-corrected chi connectivity index (χ1v) is 7.01. The summed E-state index contributed by atoms with van der Waals surface area (Å²) in [4.78, 5) is 0. The average molecular weight is 306 g/mol. The second kappa shape index (κ2) is 7.30. The molecule has 0 saturated heterocycles. The average Bonchev–Trinajstić information content (AvgIpc) is 2.48. The van der Waals surface area contributed by atoms with Gasteiger partial charge in [0.25, 0.3) is 0 Å². The van der Waals surface area contributed by atoms with Gasteiger partial charge in [0.1, 0.15) is 5.82 Å². The van der Waals surface area contributed by atoms with Crippen molar-refractivity contribution in [3.63, 3.8) is 0 Å². The van der Waals surface area contributed by atoms with Gasteiger partial charge in [0.05, 0.1) is 0 Å². The van der Waals surface area contributed by atoms with Gasteiger partial charge in [-0.05, 0) is 17.9 Å². The highest BCUT2D eigenvalue weighted by atomic mass is 19.4. The zero-order valence-corrected chi connectivity index (χ0v) is 11.9. The van der Waals surface area contributed by atoms with E-state index in [2.05, 4.69) is 0 Å². The van der Waals surface area contributed by atoms with Crippen LogP contribution in [-0.2, 0) is 0 Å². The summed E-state index contributed by atoms with van der Waals surface area (Å²) < 4.78 is 50.5. The van der Waals surface area contributed by atoms with Crippen LogP contribution in [0.3, 0.4) is 0 Å². The van der Waals surface area contributed by atoms with E-state index in [1.807, 2.05) is 30.3 Å². The molecule has 0 fully saturated rings. The lowest BCUT2D eigenvalue weighted by molar-refractivity contribution is -0.0800. The van der Waals surface area contributed by atoms with E-state index in [4.69, 9.17) is 0 Å². The number of hydrogen-bond donors (Lipinski definition) is 0. The van der Waals surface area contributed by atoms with Crippen LogP contribution in [0.25, 0.3) is 0 Å². The molecule has 0 spiro atoms. The molecule has 2 aromatic carbocycles. The maximum atomic E-state index is 14.0. The van der Waals surface area contributed by atoms with Crippen molar-refractivity contribution >= 4 is 17.6 Å². The summed E-state index contributed by atoms with van der Waals surface area (Å²) >= 11 is 0. The van der Waals surface area contributed by atoms with Crippen LogP contribution in [0, 0.1) is 5.82 Å². The summed E-state index contributed by atoms with van der Waals surface area (Å²) in [5.74, 6) is -0.337. The third kappa shape index (κ3) is 4.76. The summed E-state index contributed by atoms with van der Waals surface area (Å²) in [5, 5.41) is 0. The minimum absolute atomic E-state index is 0.230. The molecule has 0 aliphatic rings. The number of benzene rings is 2. The van der Waals surface area contributed by atoms with Gasteiger partial charge in [-0.3, -0.25) is 0 Å². The zero-order valence-electron chi connectivity index (χ0n) is 11.9. The van der Waals surface area contributed by atoms with E-state index in [0.29, 0.717) is 11.8 Å². The van der Waals surface area contributed by atoms with Crippen LogP contribution in [-0.4, -0.2) is 12.9 Å². The maximum Gasteiger partial charge on any atom is 0.409 e.